The molecule has 0 radical (unpaired) electrons. The molecule has 3 N–H and O–H groups in total. The topological polar surface area (TPSA) is 90.4 Å². The lowest BCUT2D eigenvalue weighted by atomic mass is 9.74. The van der Waals surface area contributed by atoms with Gasteiger partial charge in [-0.1, -0.05) is 44.2 Å². The monoisotopic (exact) mass is 508 g/mol. The zero-order valence-electron chi connectivity index (χ0n) is 21.7. The number of aromatic nitrogens is 1. The van der Waals surface area contributed by atoms with Gasteiger partial charge in [0.15, 0.2) is 5.78 Å². The maximum absolute atomic E-state index is 13.6. The minimum Gasteiger partial charge on any atom is -0.467 e. The molecule has 3 heterocycles. The standard InChI is InChI=1S/C31H32N4O3/c1-31(2)16-24-29(26(36)17-31)30(27-12-7-15-38-27)35(25-11-6-5-10-23(25)34-24)19-28(37)32-14-13-20-18-33-22-9-4-3-8-21(20)22/h3-12,15,18,30,33-34H,13-14,16-17,19H2,1-2H3,(H,32,37). The molecule has 2 aliphatic rings. The van der Waals surface area contributed by atoms with Crippen LogP contribution in [0, 0.1) is 5.41 Å². The van der Waals surface area contributed by atoms with Gasteiger partial charge in [0.05, 0.1) is 24.2 Å². The number of para-hydroxylation sites is 3. The number of amides is 1. The minimum atomic E-state index is -0.501. The number of fused-ring (bicyclic) bond motifs is 2. The third-order valence-corrected chi connectivity index (χ3v) is 7.52. The summed E-state index contributed by atoms with van der Waals surface area (Å²) in [5.41, 5.74) is 5.44. The second-order valence-corrected chi connectivity index (χ2v) is 11.0. The predicted octanol–water partition coefficient (Wildman–Crippen LogP) is 5.74. The molecule has 0 saturated heterocycles. The van der Waals surface area contributed by atoms with Gasteiger partial charge in [-0.2, -0.15) is 0 Å². The molecule has 38 heavy (non-hydrogen) atoms. The first-order chi connectivity index (χ1) is 18.4. The number of carbonyl (C=O) groups excluding carboxylic acids is 2. The number of hydrogen-bond acceptors (Lipinski definition) is 5. The van der Waals surface area contributed by atoms with E-state index in [1.54, 1.807) is 6.26 Å². The summed E-state index contributed by atoms with van der Waals surface area (Å²) in [5, 5.41) is 7.83. The third kappa shape index (κ3) is 4.49. The minimum absolute atomic E-state index is 0.0858. The first-order valence-electron chi connectivity index (χ1n) is 13.1. The van der Waals surface area contributed by atoms with E-state index in [0.717, 1.165) is 35.4 Å². The van der Waals surface area contributed by atoms with Crippen LogP contribution in [0.2, 0.25) is 0 Å². The van der Waals surface area contributed by atoms with E-state index in [1.807, 2.05) is 65.7 Å². The van der Waals surface area contributed by atoms with Crippen LogP contribution in [0.25, 0.3) is 10.9 Å². The van der Waals surface area contributed by atoms with E-state index in [1.165, 1.54) is 10.9 Å². The van der Waals surface area contributed by atoms with Gasteiger partial charge < -0.3 is 24.9 Å². The molecule has 6 rings (SSSR count). The maximum atomic E-state index is 13.6. The highest BCUT2D eigenvalue weighted by Gasteiger charge is 2.42. The quantitative estimate of drug-likeness (QED) is 0.309. The molecule has 7 nitrogen and oxygen atoms in total. The van der Waals surface area contributed by atoms with Crippen molar-refractivity contribution in [1.82, 2.24) is 10.3 Å². The number of rotatable bonds is 6. The lowest BCUT2D eigenvalue weighted by Gasteiger charge is -2.36. The molecule has 0 spiro atoms. The van der Waals surface area contributed by atoms with Gasteiger partial charge >= 0.3 is 0 Å². The average molecular weight is 509 g/mol. The highest BCUT2D eigenvalue weighted by molar-refractivity contribution is 6.01. The van der Waals surface area contributed by atoms with E-state index in [4.69, 9.17) is 4.42 Å². The normalized spacial score (nSPS) is 18.5. The van der Waals surface area contributed by atoms with Gasteiger partial charge in [-0.25, -0.2) is 0 Å². The molecule has 2 aromatic heterocycles. The molecule has 7 heteroatoms. The van der Waals surface area contributed by atoms with Crippen LogP contribution >= 0.6 is 0 Å². The predicted molar refractivity (Wildman–Crippen MR) is 149 cm³/mol. The summed E-state index contributed by atoms with van der Waals surface area (Å²) in [6.45, 7) is 4.84. The SMILES string of the molecule is CC1(C)CC(=O)C2=C(C1)Nc1ccccc1N(CC(=O)NCCc1c[nH]c3ccccc13)C2c1ccco1. The zero-order valence-corrected chi connectivity index (χ0v) is 21.7. The number of nitrogens with one attached hydrogen (secondary N) is 3. The second kappa shape index (κ2) is 9.56. The number of H-pyrrole nitrogens is 1. The first-order valence-corrected chi connectivity index (χ1v) is 13.1. The Balaban J connectivity index is 1.30. The van der Waals surface area contributed by atoms with Crippen LogP contribution in [-0.2, 0) is 16.0 Å². The molecule has 0 saturated carbocycles. The van der Waals surface area contributed by atoms with E-state index >= 15 is 0 Å². The van der Waals surface area contributed by atoms with E-state index in [9.17, 15) is 9.59 Å². The smallest absolute Gasteiger partial charge is 0.239 e. The van der Waals surface area contributed by atoms with Crippen LogP contribution < -0.4 is 15.5 Å². The molecule has 4 aromatic rings. The van der Waals surface area contributed by atoms with Crippen LogP contribution in [0.15, 0.2) is 88.8 Å². The molecule has 1 amide bonds. The number of nitrogens with zero attached hydrogens (tertiary/aromatic N) is 1. The number of benzene rings is 2. The van der Waals surface area contributed by atoms with E-state index in [-0.39, 0.29) is 23.7 Å². The fourth-order valence-electron chi connectivity index (χ4n) is 5.86. The summed E-state index contributed by atoms with van der Waals surface area (Å²) in [6.07, 6.45) is 5.54. The summed E-state index contributed by atoms with van der Waals surface area (Å²) in [7, 11) is 0. The lowest BCUT2D eigenvalue weighted by molar-refractivity contribution is -0.120. The number of ketones is 1. The molecular formula is C31H32N4O3. The van der Waals surface area contributed by atoms with E-state index in [0.29, 0.717) is 24.3 Å². The van der Waals surface area contributed by atoms with Crippen LogP contribution in [-0.4, -0.2) is 29.8 Å². The van der Waals surface area contributed by atoms with Gasteiger partial charge in [0.1, 0.15) is 11.8 Å². The van der Waals surface area contributed by atoms with Crippen LogP contribution in [0.4, 0.5) is 11.4 Å². The number of anilines is 2. The van der Waals surface area contributed by atoms with Crippen LogP contribution in [0.1, 0.15) is 44.1 Å². The van der Waals surface area contributed by atoms with Crippen molar-refractivity contribution < 1.29 is 14.0 Å². The second-order valence-electron chi connectivity index (χ2n) is 11.0. The molecule has 194 valence electrons. The maximum Gasteiger partial charge on any atom is 0.239 e. The van der Waals surface area contributed by atoms with Gasteiger partial charge in [-0.3, -0.25) is 9.59 Å². The highest BCUT2D eigenvalue weighted by Crippen LogP contribution is 2.48. The molecule has 2 aromatic carbocycles. The summed E-state index contributed by atoms with van der Waals surface area (Å²) in [6, 6.07) is 19.3. The summed E-state index contributed by atoms with van der Waals surface area (Å²) in [4.78, 5) is 32.3. The first kappa shape index (κ1) is 24.1. The molecular weight excluding hydrogens is 476 g/mol. The van der Waals surface area contributed by atoms with Gasteiger partial charge in [0, 0.05) is 41.3 Å². The van der Waals surface area contributed by atoms with Crippen molar-refractivity contribution in [1.29, 1.82) is 0 Å². The van der Waals surface area contributed by atoms with Crippen molar-refractivity contribution in [3.63, 3.8) is 0 Å². The molecule has 0 fully saturated rings. The fourth-order valence-corrected chi connectivity index (χ4v) is 5.86. The Morgan fingerprint density at radius 2 is 1.89 bits per heavy atom. The number of Topliss-reactive ketones (excluding diaryl/α,β-unsaturated/α-hetero) is 1. The third-order valence-electron chi connectivity index (χ3n) is 7.52. The summed E-state index contributed by atoms with van der Waals surface area (Å²) in [5.74, 6) is 0.627. The van der Waals surface area contributed by atoms with Gasteiger partial charge in [0.25, 0.3) is 0 Å². The van der Waals surface area contributed by atoms with Crippen molar-refractivity contribution in [3.05, 3.63) is 95.7 Å². The van der Waals surface area contributed by atoms with Crippen LogP contribution in [0.3, 0.4) is 0 Å². The van der Waals surface area contributed by atoms with E-state index < -0.39 is 6.04 Å². The van der Waals surface area contributed by atoms with Crippen molar-refractivity contribution in [2.75, 3.05) is 23.3 Å². The Morgan fingerprint density at radius 3 is 2.74 bits per heavy atom. The average Bonchev–Trinajstić information content (AvgIpc) is 3.53. The Labute approximate surface area is 221 Å². The van der Waals surface area contributed by atoms with Gasteiger partial charge in [0.2, 0.25) is 5.91 Å². The Morgan fingerprint density at radius 1 is 1.08 bits per heavy atom. The Kier molecular flexibility index (Phi) is 6.06. The molecule has 1 atom stereocenters. The number of hydrogen-bond donors (Lipinski definition) is 3. The molecule has 1 aliphatic heterocycles. The highest BCUT2D eigenvalue weighted by atomic mass is 16.3. The lowest BCUT2D eigenvalue weighted by Crippen LogP contribution is -2.42. The van der Waals surface area contributed by atoms with Crippen molar-refractivity contribution in [3.8, 4) is 0 Å². The Bertz CT molecular complexity index is 1530. The van der Waals surface area contributed by atoms with Crippen molar-refractivity contribution in [2.24, 2.45) is 5.41 Å². The van der Waals surface area contributed by atoms with Crippen molar-refractivity contribution in [2.45, 2.75) is 39.2 Å². The van der Waals surface area contributed by atoms with Gasteiger partial charge in [-0.15, -0.1) is 0 Å². The summed E-state index contributed by atoms with van der Waals surface area (Å²) >= 11 is 0. The molecule has 0 bridgehead atoms. The van der Waals surface area contributed by atoms with Crippen molar-refractivity contribution >= 4 is 34.0 Å². The largest absolute Gasteiger partial charge is 0.467 e. The summed E-state index contributed by atoms with van der Waals surface area (Å²) < 4.78 is 5.88. The molecule has 1 unspecified atom stereocenters. The Hall–Kier alpha value is -4.26. The van der Waals surface area contributed by atoms with Gasteiger partial charge in [-0.05, 0) is 54.2 Å². The number of allylic oxidation sites excluding steroid dienone is 1. The van der Waals surface area contributed by atoms with E-state index in [2.05, 4.69) is 35.5 Å². The number of furan rings is 1. The zero-order chi connectivity index (χ0) is 26.3. The molecule has 1 aliphatic carbocycles. The fraction of sp³-hybridized carbons (Fsp3) is 0.290. The number of aromatic amines is 1. The number of carbonyl (C=O) groups is 2. The van der Waals surface area contributed by atoms with Crippen LogP contribution in [0.5, 0.6) is 0 Å².